The molecular weight excluding hydrogens is 1050 g/mol. The molecule has 0 aliphatic carbocycles. The molecule has 19 aromatic rings. The van der Waals surface area contributed by atoms with E-state index in [0.717, 1.165) is 111 Å². The fraction of sp³-hybridized carbons (Fsp3) is 0. The molecule has 7 heteroatoms. The lowest BCUT2D eigenvalue weighted by atomic mass is 9.93. The molecule has 6 aromatic heterocycles. The summed E-state index contributed by atoms with van der Waals surface area (Å²) in [7, 11) is 0. The zero-order chi connectivity index (χ0) is 56.1. The molecule has 19 rings (SSSR count). The zero-order valence-corrected chi connectivity index (χ0v) is 46.4. The number of hydrogen-bond donors (Lipinski definition) is 0. The van der Waals surface area contributed by atoms with Crippen molar-refractivity contribution in [3.8, 4) is 50.7 Å². The molecule has 0 saturated heterocycles. The minimum atomic E-state index is 0.859. The Hall–Kier alpha value is -11.7. The lowest BCUT2D eigenvalue weighted by molar-refractivity contribution is 1.11. The van der Waals surface area contributed by atoms with Gasteiger partial charge >= 0.3 is 0 Å². The number of nitrogens with zero attached hydrogens (tertiary/aromatic N) is 7. The fourth-order valence-corrected chi connectivity index (χ4v) is 14.7. The first-order chi connectivity index (χ1) is 42.7. The third-order valence-electron chi connectivity index (χ3n) is 18.2. The summed E-state index contributed by atoms with van der Waals surface area (Å²) < 4.78 is 14.7. The van der Waals surface area contributed by atoms with Crippen molar-refractivity contribution < 1.29 is 0 Å². The number of aromatic nitrogens is 7. The van der Waals surface area contributed by atoms with Gasteiger partial charge in [0.05, 0.1) is 83.3 Å². The van der Waals surface area contributed by atoms with Gasteiger partial charge < -0.3 is 18.3 Å². The third-order valence-corrected chi connectivity index (χ3v) is 18.2. The highest BCUT2D eigenvalue weighted by molar-refractivity contribution is 6.19. The number of hydrogen-bond acceptors (Lipinski definition) is 1. The molecule has 400 valence electrons. The van der Waals surface area contributed by atoms with Crippen LogP contribution in [0.4, 0.5) is 0 Å². The quantitative estimate of drug-likeness (QED) is 0.157. The first-order valence-electron chi connectivity index (χ1n) is 29.5. The van der Waals surface area contributed by atoms with Crippen molar-refractivity contribution in [1.82, 2.24) is 32.2 Å². The predicted molar refractivity (Wildman–Crippen MR) is 358 cm³/mol. The van der Waals surface area contributed by atoms with Gasteiger partial charge in [-0.25, -0.2) is 4.98 Å². The van der Waals surface area contributed by atoms with E-state index >= 15 is 0 Å². The molecule has 0 amide bonds. The Bertz CT molecular complexity index is 5750. The van der Waals surface area contributed by atoms with Crippen LogP contribution in [0, 0.1) is 0 Å². The Morgan fingerprint density at radius 2 is 0.628 bits per heavy atom. The average Bonchev–Trinajstić information content (AvgIpc) is 1.61. The van der Waals surface area contributed by atoms with E-state index in [1.54, 1.807) is 0 Å². The van der Waals surface area contributed by atoms with Gasteiger partial charge in [0.15, 0.2) is 0 Å². The molecule has 0 spiro atoms. The SMILES string of the molecule is c1ccc(-n2c3ccccc3c3ccc4nc5n(-c6ccc7c(c6)c6ccccc6n7-c6c(-c7ccccc7-n7c8ccccc8c8ccccc87)cccc6-c6ccccc6-n6c7ccccc7c7ccccc76)c6ccccc6n5c4c32)cc1. The van der Waals surface area contributed by atoms with Crippen LogP contribution >= 0.6 is 0 Å². The monoisotopic (exact) mass is 1100 g/mol. The van der Waals surface area contributed by atoms with E-state index in [-0.39, 0.29) is 0 Å². The van der Waals surface area contributed by atoms with Crippen molar-refractivity contribution in [2.24, 2.45) is 0 Å². The Labute approximate surface area is 492 Å². The van der Waals surface area contributed by atoms with E-state index in [1.807, 2.05) is 0 Å². The van der Waals surface area contributed by atoms with Gasteiger partial charge in [0.2, 0.25) is 5.78 Å². The van der Waals surface area contributed by atoms with Gasteiger partial charge in [0.25, 0.3) is 0 Å². The number of para-hydroxylation sites is 12. The van der Waals surface area contributed by atoms with Gasteiger partial charge in [-0.15, -0.1) is 0 Å². The zero-order valence-electron chi connectivity index (χ0n) is 46.4. The molecule has 13 aromatic carbocycles. The van der Waals surface area contributed by atoms with Gasteiger partial charge in [-0.1, -0.05) is 194 Å². The van der Waals surface area contributed by atoms with Gasteiger partial charge in [0.1, 0.15) is 0 Å². The summed E-state index contributed by atoms with van der Waals surface area (Å²) in [5.74, 6) is 0.859. The molecule has 0 saturated carbocycles. The average molecular weight is 1100 g/mol. The molecule has 0 N–H and O–H groups in total. The summed E-state index contributed by atoms with van der Waals surface area (Å²) in [5.41, 5.74) is 23.3. The minimum Gasteiger partial charge on any atom is -0.309 e. The normalized spacial score (nSPS) is 12.2. The summed E-state index contributed by atoms with van der Waals surface area (Å²) in [6.45, 7) is 0. The van der Waals surface area contributed by atoms with Crippen LogP contribution in [0.15, 0.2) is 297 Å². The Kier molecular flexibility index (Phi) is 9.77. The first kappa shape index (κ1) is 46.9. The van der Waals surface area contributed by atoms with Crippen molar-refractivity contribution in [3.05, 3.63) is 297 Å². The maximum Gasteiger partial charge on any atom is 0.220 e. The second-order valence-corrected chi connectivity index (χ2v) is 22.6. The number of rotatable bonds is 7. The Morgan fingerprint density at radius 3 is 1.17 bits per heavy atom. The molecule has 0 unspecified atom stereocenters. The van der Waals surface area contributed by atoms with Crippen LogP contribution in [-0.4, -0.2) is 32.2 Å². The highest BCUT2D eigenvalue weighted by Gasteiger charge is 2.27. The molecule has 0 aliphatic heterocycles. The first-order valence-corrected chi connectivity index (χ1v) is 29.5. The van der Waals surface area contributed by atoms with Crippen molar-refractivity contribution in [3.63, 3.8) is 0 Å². The summed E-state index contributed by atoms with van der Waals surface area (Å²) in [4.78, 5) is 5.61. The maximum atomic E-state index is 5.61. The van der Waals surface area contributed by atoms with E-state index in [1.165, 1.54) is 54.4 Å². The smallest absolute Gasteiger partial charge is 0.220 e. The second kappa shape index (κ2) is 17.9. The lowest BCUT2D eigenvalue weighted by Crippen LogP contribution is -2.05. The van der Waals surface area contributed by atoms with E-state index in [4.69, 9.17) is 4.98 Å². The molecule has 0 fully saturated rings. The molecule has 0 atom stereocenters. The van der Waals surface area contributed by atoms with Crippen molar-refractivity contribution >= 4 is 115 Å². The van der Waals surface area contributed by atoms with Crippen LogP contribution in [-0.2, 0) is 0 Å². The summed E-state index contributed by atoms with van der Waals surface area (Å²) in [6, 6.07) is 109. The van der Waals surface area contributed by atoms with E-state index < -0.39 is 0 Å². The summed E-state index contributed by atoms with van der Waals surface area (Å²) in [6.07, 6.45) is 0. The van der Waals surface area contributed by atoms with Crippen molar-refractivity contribution in [2.45, 2.75) is 0 Å². The van der Waals surface area contributed by atoms with Gasteiger partial charge in [-0.05, 0) is 103 Å². The predicted octanol–water partition coefficient (Wildman–Crippen LogP) is 20.2. The van der Waals surface area contributed by atoms with Crippen LogP contribution in [0.1, 0.15) is 0 Å². The number of benzene rings is 13. The van der Waals surface area contributed by atoms with Crippen LogP contribution < -0.4 is 0 Å². The molecule has 0 aliphatic rings. The third kappa shape index (κ3) is 6.42. The Balaban J connectivity index is 0.902. The molecular formula is C79H49N7. The van der Waals surface area contributed by atoms with E-state index in [9.17, 15) is 0 Å². The largest absolute Gasteiger partial charge is 0.309 e. The van der Waals surface area contributed by atoms with E-state index in [0.29, 0.717) is 0 Å². The Morgan fingerprint density at radius 1 is 0.221 bits per heavy atom. The van der Waals surface area contributed by atoms with Crippen molar-refractivity contribution in [2.75, 3.05) is 0 Å². The van der Waals surface area contributed by atoms with Crippen LogP contribution in [0.2, 0.25) is 0 Å². The van der Waals surface area contributed by atoms with Crippen molar-refractivity contribution in [1.29, 1.82) is 0 Å². The molecule has 86 heavy (non-hydrogen) atoms. The maximum absolute atomic E-state index is 5.61. The topological polar surface area (TPSA) is 42.0 Å². The molecule has 6 heterocycles. The highest BCUT2D eigenvalue weighted by atomic mass is 15.2. The summed E-state index contributed by atoms with van der Waals surface area (Å²) >= 11 is 0. The molecule has 0 bridgehead atoms. The number of fused-ring (bicyclic) bond motifs is 18. The molecule has 0 radical (unpaired) electrons. The second-order valence-electron chi connectivity index (χ2n) is 22.6. The van der Waals surface area contributed by atoms with Crippen LogP contribution in [0.25, 0.3) is 166 Å². The minimum absolute atomic E-state index is 0.859. The highest BCUT2D eigenvalue weighted by Crippen LogP contribution is 2.47. The standard InChI is InChI=1S/C79H49N7/c1-2-23-50(24-3-1)81-65-35-12-8-31-58(65)62-46-47-64-78(77(62)81)86-75-44-21-20-43-74(75)82(79(86)80-64)51-45-48-73-63(49-51)59-32-11-19-42-72(59)85(73)76-60(56-29-9-17-40-70(56)83-66-36-13-4-25-52(66)53-26-5-14-37-67(53)83)33-22-34-61(76)57-30-10-18-41-71(57)84-68-38-15-6-27-54(68)55-28-7-16-39-69(55)84/h1-49H. The fourth-order valence-electron chi connectivity index (χ4n) is 14.7. The van der Waals surface area contributed by atoms with Gasteiger partial charge in [0, 0.05) is 76.7 Å². The number of imidazole rings is 2. The van der Waals surface area contributed by atoms with Crippen LogP contribution in [0.5, 0.6) is 0 Å². The lowest BCUT2D eigenvalue weighted by Gasteiger charge is -2.23. The van der Waals surface area contributed by atoms with Gasteiger partial charge in [-0.3, -0.25) is 8.97 Å². The summed E-state index contributed by atoms with van der Waals surface area (Å²) in [5, 5.41) is 9.61. The van der Waals surface area contributed by atoms with Crippen LogP contribution in [0.3, 0.4) is 0 Å². The van der Waals surface area contributed by atoms with Gasteiger partial charge in [-0.2, -0.15) is 0 Å². The van der Waals surface area contributed by atoms with E-state index in [2.05, 4.69) is 324 Å². The molecule has 7 nitrogen and oxygen atoms in total.